The highest BCUT2D eigenvalue weighted by Gasteiger charge is 2.32. The third kappa shape index (κ3) is 5.82. The summed E-state index contributed by atoms with van der Waals surface area (Å²) in [6.45, 7) is 2.04. The summed E-state index contributed by atoms with van der Waals surface area (Å²) in [5.74, 6) is 0. The summed E-state index contributed by atoms with van der Waals surface area (Å²) in [5.41, 5.74) is 4.57. The molecule has 0 fully saturated rings. The zero-order chi connectivity index (χ0) is 15.4. The van der Waals surface area contributed by atoms with Crippen molar-refractivity contribution in [2.75, 3.05) is 13.1 Å². The van der Waals surface area contributed by atoms with Crippen molar-refractivity contribution in [1.29, 1.82) is 0 Å². The van der Waals surface area contributed by atoms with Crippen LogP contribution < -0.4 is 10.5 Å². The number of halogens is 4. The van der Waals surface area contributed by atoms with Crippen LogP contribution in [0.15, 0.2) is 23.1 Å². The van der Waals surface area contributed by atoms with Crippen LogP contribution in [0.25, 0.3) is 0 Å². The molecule has 0 aliphatic carbocycles. The Morgan fingerprint density at radius 3 is 2.38 bits per heavy atom. The van der Waals surface area contributed by atoms with Gasteiger partial charge in [0.05, 0.1) is 10.5 Å². The van der Waals surface area contributed by atoms with Gasteiger partial charge in [-0.15, -0.1) is 12.4 Å². The minimum atomic E-state index is -4.57. The van der Waals surface area contributed by atoms with Crippen molar-refractivity contribution in [3.63, 3.8) is 0 Å². The highest BCUT2D eigenvalue weighted by atomic mass is 35.5. The first kappa shape index (κ1) is 20.2. The van der Waals surface area contributed by atoms with Gasteiger partial charge in [-0.05, 0) is 44.0 Å². The van der Waals surface area contributed by atoms with Crippen molar-refractivity contribution in [2.45, 2.75) is 30.8 Å². The standard InChI is InChI=1S/C12H17F3N2O2S.ClH/c1-9-4-5-10(12(13,14)15)8-11(9)20(18,19)17-7-3-2-6-16;/h4-5,8,17H,2-3,6-7,16H2,1H3;1H. The van der Waals surface area contributed by atoms with Crippen LogP contribution in [0.1, 0.15) is 24.0 Å². The maximum Gasteiger partial charge on any atom is 0.416 e. The number of benzene rings is 1. The predicted octanol–water partition coefficient (Wildman–Crippen LogP) is 2.45. The van der Waals surface area contributed by atoms with E-state index in [-0.39, 0.29) is 29.4 Å². The first-order valence-corrected chi connectivity index (χ1v) is 7.54. The van der Waals surface area contributed by atoms with E-state index in [1.54, 1.807) is 0 Å². The van der Waals surface area contributed by atoms with Gasteiger partial charge in [0, 0.05) is 6.54 Å². The summed E-state index contributed by atoms with van der Waals surface area (Å²) in [6, 6.07) is 2.67. The number of sulfonamides is 1. The molecule has 1 rings (SSSR count). The van der Waals surface area contributed by atoms with Crippen molar-refractivity contribution < 1.29 is 21.6 Å². The van der Waals surface area contributed by atoms with Crippen molar-refractivity contribution in [3.05, 3.63) is 29.3 Å². The Bertz CT molecular complexity index is 562. The normalized spacial score (nSPS) is 12.0. The number of aryl methyl sites for hydroxylation is 1. The molecule has 0 radical (unpaired) electrons. The van der Waals surface area contributed by atoms with E-state index in [0.717, 1.165) is 12.1 Å². The molecule has 0 aliphatic rings. The molecular formula is C12H18ClF3N2O2S. The van der Waals surface area contributed by atoms with Crippen LogP contribution in [0.2, 0.25) is 0 Å². The third-order valence-electron chi connectivity index (χ3n) is 2.73. The summed E-state index contributed by atoms with van der Waals surface area (Å²) in [6.07, 6.45) is -3.39. The topological polar surface area (TPSA) is 72.2 Å². The zero-order valence-electron chi connectivity index (χ0n) is 11.4. The quantitative estimate of drug-likeness (QED) is 0.777. The van der Waals surface area contributed by atoms with Crippen LogP contribution in [0.4, 0.5) is 13.2 Å². The highest BCUT2D eigenvalue weighted by Crippen LogP contribution is 2.31. The summed E-state index contributed by atoms with van der Waals surface area (Å²) < 4.78 is 64.1. The monoisotopic (exact) mass is 346 g/mol. The van der Waals surface area contributed by atoms with E-state index >= 15 is 0 Å². The summed E-state index contributed by atoms with van der Waals surface area (Å²) in [4.78, 5) is -0.347. The number of alkyl halides is 3. The van der Waals surface area contributed by atoms with Crippen molar-refractivity contribution in [3.8, 4) is 0 Å². The zero-order valence-corrected chi connectivity index (χ0v) is 13.0. The van der Waals surface area contributed by atoms with Gasteiger partial charge >= 0.3 is 6.18 Å². The SMILES string of the molecule is Cc1ccc(C(F)(F)F)cc1S(=O)(=O)NCCCCN.Cl. The average Bonchev–Trinajstić information content (AvgIpc) is 2.33. The molecule has 0 saturated carbocycles. The van der Waals surface area contributed by atoms with Gasteiger partial charge in [-0.1, -0.05) is 6.07 Å². The Hall–Kier alpha value is -0.830. The van der Waals surface area contributed by atoms with Gasteiger partial charge in [0.1, 0.15) is 0 Å². The molecule has 0 amide bonds. The Kier molecular flexibility index (Phi) is 7.66. The summed E-state index contributed by atoms with van der Waals surface area (Å²) >= 11 is 0. The summed E-state index contributed by atoms with van der Waals surface area (Å²) in [7, 11) is -3.95. The molecule has 0 spiro atoms. The van der Waals surface area contributed by atoms with E-state index in [1.165, 1.54) is 6.92 Å². The van der Waals surface area contributed by atoms with Crippen LogP contribution in [-0.2, 0) is 16.2 Å². The van der Waals surface area contributed by atoms with E-state index in [1.807, 2.05) is 0 Å². The maximum atomic E-state index is 12.6. The minimum Gasteiger partial charge on any atom is -0.330 e. The Morgan fingerprint density at radius 2 is 1.86 bits per heavy atom. The molecule has 1 aromatic rings. The minimum absolute atomic E-state index is 0. The molecule has 0 aliphatic heterocycles. The molecule has 0 saturated heterocycles. The molecule has 4 nitrogen and oxygen atoms in total. The van der Waals surface area contributed by atoms with Crippen molar-refractivity contribution in [2.24, 2.45) is 5.73 Å². The fourth-order valence-corrected chi connectivity index (χ4v) is 2.96. The van der Waals surface area contributed by atoms with Gasteiger partial charge in [0.2, 0.25) is 10.0 Å². The van der Waals surface area contributed by atoms with Crippen LogP contribution in [0, 0.1) is 6.92 Å². The lowest BCUT2D eigenvalue weighted by Gasteiger charge is -2.12. The van der Waals surface area contributed by atoms with Gasteiger partial charge in [-0.25, -0.2) is 13.1 Å². The fraction of sp³-hybridized carbons (Fsp3) is 0.500. The number of hydrogen-bond acceptors (Lipinski definition) is 3. The van der Waals surface area contributed by atoms with Crippen LogP contribution in [0.3, 0.4) is 0 Å². The molecule has 21 heavy (non-hydrogen) atoms. The molecule has 0 heterocycles. The number of hydrogen-bond donors (Lipinski definition) is 2. The second-order valence-corrected chi connectivity index (χ2v) is 6.11. The number of unbranched alkanes of at least 4 members (excludes halogenated alkanes) is 1. The van der Waals surface area contributed by atoms with E-state index < -0.39 is 21.8 Å². The molecule has 0 aromatic heterocycles. The molecule has 1 aromatic carbocycles. The first-order valence-electron chi connectivity index (χ1n) is 6.06. The van der Waals surface area contributed by atoms with Crippen molar-refractivity contribution >= 4 is 22.4 Å². The number of rotatable bonds is 6. The van der Waals surface area contributed by atoms with E-state index in [4.69, 9.17) is 5.73 Å². The number of nitrogens with two attached hydrogens (primary N) is 1. The molecular weight excluding hydrogens is 329 g/mol. The largest absolute Gasteiger partial charge is 0.416 e. The third-order valence-corrected chi connectivity index (χ3v) is 4.33. The average molecular weight is 347 g/mol. The van der Waals surface area contributed by atoms with Gasteiger partial charge in [-0.3, -0.25) is 0 Å². The van der Waals surface area contributed by atoms with E-state index in [0.29, 0.717) is 25.5 Å². The van der Waals surface area contributed by atoms with Crippen molar-refractivity contribution in [1.82, 2.24) is 4.72 Å². The molecule has 122 valence electrons. The molecule has 0 bridgehead atoms. The molecule has 0 atom stereocenters. The van der Waals surface area contributed by atoms with Crippen LogP contribution in [-0.4, -0.2) is 21.5 Å². The fourth-order valence-electron chi connectivity index (χ4n) is 1.62. The smallest absolute Gasteiger partial charge is 0.330 e. The lowest BCUT2D eigenvalue weighted by atomic mass is 10.1. The Balaban J connectivity index is 0.00000400. The first-order chi connectivity index (χ1) is 9.18. The lowest BCUT2D eigenvalue weighted by Crippen LogP contribution is -2.26. The predicted molar refractivity (Wildman–Crippen MR) is 76.9 cm³/mol. The van der Waals surface area contributed by atoms with Crippen LogP contribution in [0.5, 0.6) is 0 Å². The van der Waals surface area contributed by atoms with Crippen LogP contribution >= 0.6 is 12.4 Å². The molecule has 9 heteroatoms. The van der Waals surface area contributed by atoms with Gasteiger partial charge in [0.25, 0.3) is 0 Å². The molecule has 3 N–H and O–H groups in total. The maximum absolute atomic E-state index is 12.6. The van der Waals surface area contributed by atoms with Gasteiger partial charge in [-0.2, -0.15) is 13.2 Å². The van der Waals surface area contributed by atoms with E-state index in [9.17, 15) is 21.6 Å². The second-order valence-electron chi connectivity index (χ2n) is 4.37. The second kappa shape index (κ2) is 7.98. The highest BCUT2D eigenvalue weighted by molar-refractivity contribution is 7.89. The number of nitrogens with one attached hydrogen (secondary N) is 1. The Morgan fingerprint density at radius 1 is 1.24 bits per heavy atom. The van der Waals surface area contributed by atoms with Gasteiger partial charge in [0.15, 0.2) is 0 Å². The van der Waals surface area contributed by atoms with Gasteiger partial charge < -0.3 is 5.73 Å². The lowest BCUT2D eigenvalue weighted by molar-refractivity contribution is -0.137. The molecule has 0 unspecified atom stereocenters. The summed E-state index contributed by atoms with van der Waals surface area (Å²) in [5, 5.41) is 0. The van der Waals surface area contributed by atoms with E-state index in [2.05, 4.69) is 4.72 Å². The Labute approximate surface area is 128 Å².